The normalized spacial score (nSPS) is 18.0. The molecule has 2 fully saturated rings. The van der Waals surface area contributed by atoms with Crippen molar-refractivity contribution < 1.29 is 22.7 Å². The zero-order chi connectivity index (χ0) is 19.2. The van der Waals surface area contributed by atoms with Crippen molar-refractivity contribution in [1.29, 1.82) is 0 Å². The van der Waals surface area contributed by atoms with Crippen molar-refractivity contribution in [2.45, 2.75) is 76.6 Å². The quantitative estimate of drug-likeness (QED) is 0.443. The highest BCUT2D eigenvalue weighted by molar-refractivity contribution is 5.90. The minimum absolute atomic E-state index is 0. The summed E-state index contributed by atoms with van der Waals surface area (Å²) in [4.78, 5) is 11.6. The number of ether oxygens (including phenoxy) is 1. The average molecular weight is 413 g/mol. The number of nitrogens with two attached hydrogens (primary N) is 1. The monoisotopic (exact) mass is 412 g/mol. The van der Waals surface area contributed by atoms with Gasteiger partial charge in [-0.2, -0.15) is 18.3 Å². The summed E-state index contributed by atoms with van der Waals surface area (Å²) in [6.45, 7) is 1.58. The molecular weight excluding hydrogens is 385 g/mol. The van der Waals surface area contributed by atoms with Crippen LogP contribution in [0.4, 0.5) is 13.2 Å². The Morgan fingerprint density at radius 3 is 2.26 bits per heavy atom. The van der Waals surface area contributed by atoms with E-state index in [1.807, 2.05) is 0 Å². The van der Waals surface area contributed by atoms with Gasteiger partial charge in [0.1, 0.15) is 5.56 Å². The molecule has 2 aliphatic rings. The van der Waals surface area contributed by atoms with Crippen molar-refractivity contribution >= 4 is 18.4 Å². The summed E-state index contributed by atoms with van der Waals surface area (Å²) in [7, 11) is 0. The molecule has 0 bridgehead atoms. The first-order chi connectivity index (χ1) is 12.4. The number of carbonyl (C=O) groups is 1. The minimum Gasteiger partial charge on any atom is -0.462 e. The Balaban J connectivity index is 0.000000385. The smallest absolute Gasteiger partial charge is 0.433 e. The fourth-order valence-electron chi connectivity index (χ4n) is 3.52. The molecule has 0 aromatic carbocycles. The van der Waals surface area contributed by atoms with Crippen LogP contribution >= 0.6 is 12.4 Å². The van der Waals surface area contributed by atoms with Gasteiger partial charge in [0, 0.05) is 6.04 Å². The molecule has 156 valence electrons. The molecule has 2 aliphatic carbocycles. The van der Waals surface area contributed by atoms with Gasteiger partial charge in [-0.15, -0.1) is 12.4 Å². The van der Waals surface area contributed by atoms with E-state index in [-0.39, 0.29) is 25.1 Å². The highest BCUT2D eigenvalue weighted by Gasteiger charge is 2.42. The first-order valence-corrected chi connectivity index (χ1v) is 9.16. The first kappa shape index (κ1) is 23.7. The topological polar surface area (TPSA) is 82.2 Å². The van der Waals surface area contributed by atoms with E-state index in [0.717, 1.165) is 23.7 Å². The van der Waals surface area contributed by atoms with E-state index in [1.165, 1.54) is 25.7 Å². The Hall–Kier alpha value is -1.32. The molecule has 27 heavy (non-hydrogen) atoms. The van der Waals surface area contributed by atoms with Gasteiger partial charge in [0.05, 0.1) is 18.8 Å². The van der Waals surface area contributed by atoms with Crippen LogP contribution in [-0.4, -0.2) is 28.4 Å². The molecule has 0 amide bonds. The number of hydrogen-bond acceptors (Lipinski definition) is 5. The van der Waals surface area contributed by atoms with Gasteiger partial charge in [-0.1, -0.05) is 25.7 Å². The molecule has 0 atom stereocenters. The number of nitrogens with zero attached hydrogens (tertiary/aromatic N) is 2. The summed E-state index contributed by atoms with van der Waals surface area (Å²) >= 11 is 0. The van der Waals surface area contributed by atoms with Gasteiger partial charge in [-0.25, -0.2) is 4.79 Å². The molecule has 1 aromatic heterocycles. The predicted molar refractivity (Wildman–Crippen MR) is 97.5 cm³/mol. The molecule has 3 rings (SSSR count). The number of halogens is 4. The second-order valence-electron chi connectivity index (χ2n) is 6.66. The van der Waals surface area contributed by atoms with Crippen LogP contribution in [0.15, 0.2) is 6.20 Å². The van der Waals surface area contributed by atoms with E-state index in [0.29, 0.717) is 18.9 Å². The summed E-state index contributed by atoms with van der Waals surface area (Å²) in [6, 6.07) is 0.347. The molecule has 10 heteroatoms. The maximum atomic E-state index is 13.1. The van der Waals surface area contributed by atoms with Crippen LogP contribution < -0.4 is 11.3 Å². The lowest BCUT2D eigenvalue weighted by Gasteiger charge is -2.16. The number of aromatic nitrogens is 2. The maximum absolute atomic E-state index is 13.1. The van der Waals surface area contributed by atoms with Gasteiger partial charge < -0.3 is 4.74 Å². The van der Waals surface area contributed by atoms with Gasteiger partial charge in [-0.05, 0) is 32.6 Å². The van der Waals surface area contributed by atoms with Crippen molar-refractivity contribution in [3.8, 4) is 0 Å². The number of hydrazine groups is 1. The van der Waals surface area contributed by atoms with E-state index < -0.39 is 23.4 Å². The third-order valence-electron chi connectivity index (χ3n) is 4.82. The lowest BCUT2D eigenvalue weighted by molar-refractivity contribution is -0.145. The zero-order valence-corrected chi connectivity index (χ0v) is 16.2. The van der Waals surface area contributed by atoms with E-state index in [9.17, 15) is 18.0 Å². The Bertz CT molecular complexity index is 583. The molecule has 0 aliphatic heterocycles. The van der Waals surface area contributed by atoms with Crippen LogP contribution in [0.2, 0.25) is 0 Å². The second-order valence-corrected chi connectivity index (χ2v) is 6.66. The molecule has 1 aromatic rings. The lowest BCUT2D eigenvalue weighted by Crippen LogP contribution is -2.32. The summed E-state index contributed by atoms with van der Waals surface area (Å²) in [5.74, 6) is 4.21. The third kappa shape index (κ3) is 6.36. The first-order valence-electron chi connectivity index (χ1n) is 9.16. The number of nitrogens with one attached hydrogen (secondary N) is 1. The summed E-state index contributed by atoms with van der Waals surface area (Å²) in [6.07, 6.45) is 4.70. The van der Waals surface area contributed by atoms with E-state index in [1.54, 1.807) is 6.92 Å². The molecule has 0 radical (unpaired) electrons. The second kappa shape index (κ2) is 10.9. The summed E-state index contributed by atoms with van der Waals surface area (Å²) in [5.41, 5.74) is 1.28. The number of esters is 1. The third-order valence-corrected chi connectivity index (χ3v) is 4.82. The fraction of sp³-hybridized carbons (Fsp3) is 0.765. The molecule has 3 N–H and O–H groups in total. The van der Waals surface area contributed by atoms with Crippen LogP contribution in [0.25, 0.3) is 0 Å². The predicted octanol–water partition coefficient (Wildman–Crippen LogP) is 4.01. The number of alkyl halides is 3. The van der Waals surface area contributed by atoms with Crippen LogP contribution in [0, 0.1) is 0 Å². The minimum atomic E-state index is -4.61. The molecule has 1 heterocycles. The van der Waals surface area contributed by atoms with Crippen molar-refractivity contribution in [2.75, 3.05) is 6.61 Å². The molecule has 6 nitrogen and oxygen atoms in total. The van der Waals surface area contributed by atoms with Crippen molar-refractivity contribution in [3.05, 3.63) is 17.5 Å². The molecular formula is C17H28ClF3N4O2. The molecule has 0 saturated heterocycles. The van der Waals surface area contributed by atoms with Gasteiger partial charge >= 0.3 is 12.1 Å². The zero-order valence-electron chi connectivity index (χ0n) is 15.4. The van der Waals surface area contributed by atoms with Crippen molar-refractivity contribution in [1.82, 2.24) is 15.2 Å². The Morgan fingerprint density at radius 1 is 1.26 bits per heavy atom. The van der Waals surface area contributed by atoms with Crippen LogP contribution in [-0.2, 0) is 10.9 Å². The maximum Gasteiger partial charge on any atom is 0.433 e. The van der Waals surface area contributed by atoms with Crippen LogP contribution in [0.3, 0.4) is 0 Å². The van der Waals surface area contributed by atoms with Crippen molar-refractivity contribution in [3.63, 3.8) is 0 Å². The lowest BCUT2D eigenvalue weighted by atomic mass is 10.2. The van der Waals surface area contributed by atoms with E-state index in [2.05, 4.69) is 15.3 Å². The Kier molecular flexibility index (Phi) is 9.55. The van der Waals surface area contributed by atoms with Gasteiger partial charge in [0.15, 0.2) is 5.69 Å². The Labute approximate surface area is 163 Å². The molecule has 0 unspecified atom stereocenters. The highest BCUT2D eigenvalue weighted by Crippen LogP contribution is 2.38. The SMILES string of the molecule is CCOC(=O)c1cnn(C2CCCC2)c1C(F)(F)F.Cl.NNC1CCCC1. The van der Waals surface area contributed by atoms with Crippen molar-refractivity contribution in [2.24, 2.45) is 5.84 Å². The van der Waals surface area contributed by atoms with Crippen LogP contribution in [0.1, 0.15) is 80.4 Å². The fourth-order valence-corrected chi connectivity index (χ4v) is 3.52. The number of hydrogen-bond donors (Lipinski definition) is 2. The van der Waals surface area contributed by atoms with Gasteiger partial charge in [0.25, 0.3) is 0 Å². The van der Waals surface area contributed by atoms with Gasteiger partial charge in [0.2, 0.25) is 0 Å². The average Bonchev–Trinajstić information content (AvgIpc) is 3.34. The largest absolute Gasteiger partial charge is 0.462 e. The van der Waals surface area contributed by atoms with Crippen LogP contribution in [0.5, 0.6) is 0 Å². The van der Waals surface area contributed by atoms with E-state index >= 15 is 0 Å². The standard InChI is InChI=1S/C12H15F3N2O2.C5H12N2.ClH/c1-2-19-11(18)9-7-16-17(8-5-3-4-6-8)10(9)12(13,14)15;6-7-5-3-1-2-4-5;/h7-8H,2-6H2,1H3;5,7H,1-4,6H2;1H. The molecule has 0 spiro atoms. The van der Waals surface area contributed by atoms with Gasteiger partial charge in [-0.3, -0.25) is 16.0 Å². The van der Waals surface area contributed by atoms with E-state index in [4.69, 9.17) is 5.84 Å². The Morgan fingerprint density at radius 2 is 1.81 bits per heavy atom. The highest BCUT2D eigenvalue weighted by atomic mass is 35.5. The summed E-state index contributed by atoms with van der Waals surface area (Å²) < 4.78 is 45.0. The number of carbonyl (C=O) groups excluding carboxylic acids is 1. The molecule has 2 saturated carbocycles. The number of rotatable bonds is 4. The summed E-state index contributed by atoms with van der Waals surface area (Å²) in [5, 5.41) is 3.76.